The van der Waals surface area contributed by atoms with Gasteiger partial charge in [0.25, 0.3) is 0 Å². The molecule has 33 heavy (non-hydrogen) atoms. The van der Waals surface area contributed by atoms with Gasteiger partial charge in [-0.25, -0.2) is 0 Å². The number of hydrogen-bond acceptors (Lipinski definition) is 5. The van der Waals surface area contributed by atoms with E-state index in [-0.39, 0.29) is 17.8 Å². The van der Waals surface area contributed by atoms with Crippen molar-refractivity contribution in [3.05, 3.63) is 81.0 Å². The predicted molar refractivity (Wildman–Crippen MR) is 137 cm³/mol. The highest BCUT2D eigenvalue weighted by atomic mass is 35.5. The Balaban J connectivity index is 1.21. The van der Waals surface area contributed by atoms with Gasteiger partial charge in [-0.2, -0.15) is 0 Å². The largest absolute Gasteiger partial charge is 0.486 e. The van der Waals surface area contributed by atoms with Crippen LogP contribution in [0.1, 0.15) is 27.0 Å². The van der Waals surface area contributed by atoms with Crippen molar-refractivity contribution in [3.8, 4) is 16.2 Å². The van der Waals surface area contributed by atoms with E-state index in [9.17, 15) is 9.59 Å². The zero-order chi connectivity index (χ0) is 22.9. The topological polar surface area (TPSA) is 55.4 Å². The summed E-state index contributed by atoms with van der Waals surface area (Å²) < 4.78 is 7.21. The summed E-state index contributed by atoms with van der Waals surface area (Å²) in [6.07, 6.45) is 3.88. The number of carbonyl (C=O) groups excluding carboxylic acids is 2. The van der Waals surface area contributed by atoms with E-state index in [1.54, 1.807) is 24.3 Å². The van der Waals surface area contributed by atoms with Gasteiger partial charge in [-0.1, -0.05) is 29.8 Å². The maximum Gasteiger partial charge on any atom is 0.244 e. The minimum absolute atomic E-state index is 0.0547. The highest BCUT2D eigenvalue weighted by Crippen LogP contribution is 2.41. The zero-order valence-electron chi connectivity index (χ0n) is 17.8. The molecule has 2 aromatic heterocycles. The van der Waals surface area contributed by atoms with Gasteiger partial charge in [0.2, 0.25) is 5.91 Å². The molecule has 3 heterocycles. The second kappa shape index (κ2) is 9.14. The zero-order valence-corrected chi connectivity index (χ0v) is 20.2. The molecular weight excluding hydrogens is 474 g/mol. The Bertz CT molecular complexity index is 1370. The maximum absolute atomic E-state index is 12.3. The van der Waals surface area contributed by atoms with Crippen LogP contribution in [0.25, 0.3) is 26.6 Å². The van der Waals surface area contributed by atoms with Crippen LogP contribution < -0.4 is 10.1 Å². The SMILES string of the molecule is CC(=O)c1ccc(-c2cc(Cl)c3c(c2)CC(CNC(=O)/C=C/c2cc4ccccc4s2)O3)s1. The summed E-state index contributed by atoms with van der Waals surface area (Å²) in [4.78, 5) is 26.7. The number of hydrogen-bond donors (Lipinski definition) is 1. The monoisotopic (exact) mass is 493 g/mol. The van der Waals surface area contributed by atoms with Gasteiger partial charge < -0.3 is 10.1 Å². The highest BCUT2D eigenvalue weighted by molar-refractivity contribution is 7.19. The molecule has 1 aliphatic heterocycles. The number of halogens is 1. The van der Waals surface area contributed by atoms with Crippen molar-refractivity contribution in [2.45, 2.75) is 19.4 Å². The fraction of sp³-hybridized carbons (Fsp3) is 0.154. The van der Waals surface area contributed by atoms with Crippen LogP contribution in [0.2, 0.25) is 5.02 Å². The third-order valence-electron chi connectivity index (χ3n) is 5.44. The molecule has 4 nitrogen and oxygen atoms in total. The Morgan fingerprint density at radius 1 is 1.15 bits per heavy atom. The fourth-order valence-corrected chi connectivity index (χ4v) is 5.98. The number of Topliss-reactive ketones (excluding diaryl/α,β-unsaturated/α-hetero) is 1. The molecule has 1 unspecified atom stereocenters. The first-order valence-electron chi connectivity index (χ1n) is 10.5. The van der Waals surface area contributed by atoms with Crippen LogP contribution in [0.5, 0.6) is 5.75 Å². The lowest BCUT2D eigenvalue weighted by atomic mass is 10.1. The number of nitrogens with one attached hydrogen (secondary N) is 1. The van der Waals surface area contributed by atoms with Crippen molar-refractivity contribution in [1.29, 1.82) is 0 Å². The molecule has 2 aromatic carbocycles. The molecule has 0 radical (unpaired) electrons. The number of benzene rings is 2. The third kappa shape index (κ3) is 4.74. The van der Waals surface area contributed by atoms with Crippen LogP contribution in [0.15, 0.2) is 60.7 Å². The van der Waals surface area contributed by atoms with E-state index in [4.69, 9.17) is 16.3 Å². The maximum atomic E-state index is 12.3. The van der Waals surface area contributed by atoms with Gasteiger partial charge in [0.05, 0.1) is 16.4 Å². The summed E-state index contributed by atoms with van der Waals surface area (Å²) >= 11 is 9.60. The van der Waals surface area contributed by atoms with E-state index in [1.165, 1.54) is 21.4 Å². The van der Waals surface area contributed by atoms with Crippen molar-refractivity contribution in [1.82, 2.24) is 5.32 Å². The fourth-order valence-electron chi connectivity index (χ4n) is 3.84. The summed E-state index contributed by atoms with van der Waals surface area (Å²) in [5.74, 6) is 0.567. The average Bonchev–Trinajstić information content (AvgIpc) is 3.53. The predicted octanol–water partition coefficient (Wildman–Crippen LogP) is 6.62. The van der Waals surface area contributed by atoms with Crippen LogP contribution in [0.3, 0.4) is 0 Å². The molecule has 5 rings (SSSR count). The number of carbonyl (C=O) groups is 2. The first kappa shape index (κ1) is 21.9. The van der Waals surface area contributed by atoms with E-state index in [0.717, 1.165) is 25.8 Å². The molecule has 7 heteroatoms. The molecule has 1 amide bonds. The van der Waals surface area contributed by atoms with E-state index in [0.29, 0.717) is 23.7 Å². The second-order valence-corrected chi connectivity index (χ2v) is 10.5. The van der Waals surface area contributed by atoms with E-state index < -0.39 is 0 Å². The Morgan fingerprint density at radius 3 is 2.79 bits per heavy atom. The number of thiophene rings is 2. The van der Waals surface area contributed by atoms with E-state index in [1.807, 2.05) is 36.4 Å². The molecule has 0 saturated carbocycles. The lowest BCUT2D eigenvalue weighted by molar-refractivity contribution is -0.116. The summed E-state index contributed by atoms with van der Waals surface area (Å²) in [6, 6.07) is 17.9. The van der Waals surface area contributed by atoms with Crippen molar-refractivity contribution in [2.75, 3.05) is 6.54 Å². The molecule has 1 atom stereocenters. The normalized spacial score (nSPS) is 15.0. The minimum Gasteiger partial charge on any atom is -0.486 e. The summed E-state index contributed by atoms with van der Waals surface area (Å²) in [6.45, 7) is 1.96. The van der Waals surface area contributed by atoms with Crippen LogP contribution in [0, 0.1) is 0 Å². The van der Waals surface area contributed by atoms with Crippen LogP contribution in [-0.2, 0) is 11.2 Å². The summed E-state index contributed by atoms with van der Waals surface area (Å²) in [5, 5.41) is 4.64. The molecule has 4 aromatic rings. The Hall–Kier alpha value is -2.93. The molecule has 0 bridgehead atoms. The van der Waals surface area contributed by atoms with Gasteiger partial charge in [-0.05, 0) is 60.3 Å². The van der Waals surface area contributed by atoms with Gasteiger partial charge in [-0.3, -0.25) is 9.59 Å². The van der Waals surface area contributed by atoms with Gasteiger partial charge >= 0.3 is 0 Å². The highest BCUT2D eigenvalue weighted by Gasteiger charge is 2.26. The number of ketones is 1. The molecular formula is C26H20ClNO3S2. The number of fused-ring (bicyclic) bond motifs is 2. The van der Waals surface area contributed by atoms with Gasteiger partial charge in [0, 0.05) is 32.5 Å². The number of ether oxygens (including phenoxy) is 1. The standard InChI is InChI=1S/C26H20ClNO3S2/c1-15(29)22-7-8-24(33-22)17-10-18-11-19(31-26(18)21(27)13-17)14-28-25(30)9-6-20-12-16-4-2-3-5-23(16)32-20/h2-10,12-13,19H,11,14H2,1H3,(H,28,30)/b9-6+. The van der Waals surface area contributed by atoms with Gasteiger partial charge in [-0.15, -0.1) is 22.7 Å². The van der Waals surface area contributed by atoms with Crippen LogP contribution >= 0.6 is 34.3 Å². The van der Waals surface area contributed by atoms with Crippen molar-refractivity contribution in [3.63, 3.8) is 0 Å². The Kier molecular flexibility index (Phi) is 6.06. The van der Waals surface area contributed by atoms with Crippen molar-refractivity contribution >= 4 is 62.1 Å². The summed E-state index contributed by atoms with van der Waals surface area (Å²) in [7, 11) is 0. The molecule has 0 fully saturated rings. The lowest BCUT2D eigenvalue weighted by Crippen LogP contribution is -2.33. The molecule has 0 saturated heterocycles. The average molecular weight is 494 g/mol. The first-order valence-corrected chi connectivity index (χ1v) is 12.5. The smallest absolute Gasteiger partial charge is 0.244 e. The van der Waals surface area contributed by atoms with Gasteiger partial charge in [0.15, 0.2) is 5.78 Å². The second-order valence-electron chi connectivity index (χ2n) is 7.88. The van der Waals surface area contributed by atoms with E-state index in [2.05, 4.69) is 29.6 Å². The van der Waals surface area contributed by atoms with E-state index >= 15 is 0 Å². The molecule has 1 aliphatic rings. The summed E-state index contributed by atoms with van der Waals surface area (Å²) in [5.41, 5.74) is 1.98. The molecule has 0 spiro atoms. The van der Waals surface area contributed by atoms with Crippen molar-refractivity contribution < 1.29 is 14.3 Å². The Morgan fingerprint density at radius 2 is 2.00 bits per heavy atom. The minimum atomic E-state index is -0.175. The lowest BCUT2D eigenvalue weighted by Gasteiger charge is -2.11. The molecule has 166 valence electrons. The first-order chi connectivity index (χ1) is 16.0. The molecule has 0 aliphatic carbocycles. The van der Waals surface area contributed by atoms with Gasteiger partial charge in [0.1, 0.15) is 11.9 Å². The Labute approximate surface area is 204 Å². The van der Waals surface area contributed by atoms with Crippen LogP contribution in [0.4, 0.5) is 0 Å². The van der Waals surface area contributed by atoms with Crippen LogP contribution in [-0.4, -0.2) is 24.3 Å². The van der Waals surface area contributed by atoms with Crippen molar-refractivity contribution in [2.24, 2.45) is 0 Å². The third-order valence-corrected chi connectivity index (χ3v) is 8.03. The quantitative estimate of drug-likeness (QED) is 0.242. The molecule has 1 N–H and O–H groups in total. The number of amides is 1. The number of rotatable bonds is 6.